The molecule has 0 fully saturated rings. The van der Waals surface area contributed by atoms with E-state index in [9.17, 15) is 0 Å². The predicted molar refractivity (Wildman–Crippen MR) is 102 cm³/mol. The second-order valence-electron chi connectivity index (χ2n) is 7.24. The molecule has 1 aromatic rings. The van der Waals surface area contributed by atoms with Crippen molar-refractivity contribution in [1.29, 1.82) is 0 Å². The molecule has 3 nitrogen and oxygen atoms in total. The first-order valence-electron chi connectivity index (χ1n) is 8.25. The van der Waals surface area contributed by atoms with Crippen LogP contribution in [0.2, 0.25) is 0 Å². The molecule has 0 bridgehead atoms. The van der Waals surface area contributed by atoms with Gasteiger partial charge in [-0.2, -0.15) is 0 Å². The molecule has 4 heteroatoms. The molecule has 0 saturated heterocycles. The van der Waals surface area contributed by atoms with Crippen LogP contribution in [0, 0.1) is 0 Å². The van der Waals surface area contributed by atoms with Crippen LogP contribution in [0.3, 0.4) is 0 Å². The maximum absolute atomic E-state index is 5.92. The third-order valence-electron chi connectivity index (χ3n) is 5.13. The maximum Gasteiger partial charge on any atom is 0.137 e. The normalized spacial score (nSPS) is 12.3. The summed E-state index contributed by atoms with van der Waals surface area (Å²) < 4.78 is 17.5. The minimum absolute atomic E-state index is 0.0626. The summed E-state index contributed by atoms with van der Waals surface area (Å²) >= 11 is 0. The Bertz CT molecular complexity index is 517. The lowest BCUT2D eigenvalue weighted by Crippen LogP contribution is -2.27. The van der Waals surface area contributed by atoms with Gasteiger partial charge < -0.3 is 14.2 Å². The molecule has 1 aromatic carbocycles. The first kappa shape index (κ1) is 20.1. The van der Waals surface area contributed by atoms with Gasteiger partial charge in [-0.1, -0.05) is 50.8 Å². The Kier molecular flexibility index (Phi) is 6.38. The van der Waals surface area contributed by atoms with Crippen LogP contribution >= 0.6 is 9.24 Å². The molecule has 0 saturated carbocycles. The lowest BCUT2D eigenvalue weighted by atomic mass is 9.74. The third kappa shape index (κ3) is 3.45. The third-order valence-corrected chi connectivity index (χ3v) is 5.66. The first-order valence-corrected chi connectivity index (χ1v) is 8.82. The van der Waals surface area contributed by atoms with Crippen molar-refractivity contribution in [3.05, 3.63) is 11.1 Å². The number of benzene rings is 1. The van der Waals surface area contributed by atoms with Crippen LogP contribution in [-0.4, -0.2) is 21.3 Å². The Balaban J connectivity index is 4.05. The van der Waals surface area contributed by atoms with Gasteiger partial charge in [0.15, 0.2) is 0 Å². The second kappa shape index (κ2) is 7.30. The predicted octanol–water partition coefficient (Wildman–Crippen LogP) is 4.59. The number of methoxy groups -OCH3 is 3. The molecule has 1 atom stereocenters. The van der Waals surface area contributed by atoms with E-state index in [4.69, 9.17) is 14.2 Å². The fourth-order valence-electron chi connectivity index (χ4n) is 2.91. The molecular formula is C19H33O3P. The molecule has 23 heavy (non-hydrogen) atoms. The van der Waals surface area contributed by atoms with E-state index >= 15 is 0 Å². The smallest absolute Gasteiger partial charge is 0.137 e. The van der Waals surface area contributed by atoms with Crippen LogP contribution in [0.5, 0.6) is 17.2 Å². The summed E-state index contributed by atoms with van der Waals surface area (Å²) in [5, 5.41) is 0.962. The highest BCUT2D eigenvalue weighted by molar-refractivity contribution is 7.28. The van der Waals surface area contributed by atoms with Crippen molar-refractivity contribution in [2.24, 2.45) is 0 Å². The van der Waals surface area contributed by atoms with Crippen molar-refractivity contribution in [3.63, 3.8) is 0 Å². The first-order chi connectivity index (χ1) is 10.6. The van der Waals surface area contributed by atoms with Gasteiger partial charge in [-0.25, -0.2) is 0 Å². The van der Waals surface area contributed by atoms with Gasteiger partial charge in [-0.05, 0) is 23.7 Å². The van der Waals surface area contributed by atoms with Crippen molar-refractivity contribution in [1.82, 2.24) is 0 Å². The molecule has 0 N–H and O–H groups in total. The molecule has 0 aliphatic rings. The van der Waals surface area contributed by atoms with Gasteiger partial charge in [-0.15, -0.1) is 0 Å². The van der Waals surface area contributed by atoms with E-state index in [1.54, 1.807) is 21.3 Å². The molecule has 0 amide bonds. The van der Waals surface area contributed by atoms with Gasteiger partial charge in [0.1, 0.15) is 17.2 Å². The Labute approximate surface area is 144 Å². The molecule has 0 radical (unpaired) electrons. The Morgan fingerprint density at radius 3 is 1.22 bits per heavy atom. The topological polar surface area (TPSA) is 27.7 Å². The lowest BCUT2D eigenvalue weighted by molar-refractivity contribution is 0.331. The van der Waals surface area contributed by atoms with Gasteiger partial charge >= 0.3 is 0 Å². The van der Waals surface area contributed by atoms with Crippen LogP contribution < -0.4 is 19.5 Å². The summed E-state index contributed by atoms with van der Waals surface area (Å²) in [6, 6.07) is 0. The zero-order chi connectivity index (χ0) is 18.0. The molecule has 1 rings (SSSR count). The largest absolute Gasteiger partial charge is 0.496 e. The van der Waals surface area contributed by atoms with Crippen molar-refractivity contribution < 1.29 is 14.2 Å². The average molecular weight is 340 g/mol. The van der Waals surface area contributed by atoms with E-state index in [0.717, 1.165) is 46.5 Å². The minimum Gasteiger partial charge on any atom is -0.496 e. The number of hydrogen-bond donors (Lipinski definition) is 0. The summed E-state index contributed by atoms with van der Waals surface area (Å²) in [6.45, 7) is 13.3. The fourth-order valence-corrected chi connectivity index (χ4v) is 3.44. The number of ether oxygens (including phenoxy) is 3. The zero-order valence-electron chi connectivity index (χ0n) is 16.2. The number of rotatable bonds is 7. The molecule has 0 spiro atoms. The van der Waals surface area contributed by atoms with Crippen LogP contribution in [-0.2, 0) is 10.8 Å². The summed E-state index contributed by atoms with van der Waals surface area (Å²) in [4.78, 5) is 0. The molecule has 0 heterocycles. The molecule has 0 aromatic heterocycles. The lowest BCUT2D eigenvalue weighted by Gasteiger charge is -2.35. The average Bonchev–Trinajstić information content (AvgIpc) is 2.53. The van der Waals surface area contributed by atoms with Crippen LogP contribution in [0.15, 0.2) is 0 Å². The highest BCUT2D eigenvalue weighted by Gasteiger charge is 2.37. The van der Waals surface area contributed by atoms with Crippen LogP contribution in [0.4, 0.5) is 0 Å². The summed E-state index contributed by atoms with van der Waals surface area (Å²) in [7, 11) is 7.95. The van der Waals surface area contributed by atoms with Crippen molar-refractivity contribution in [2.75, 3.05) is 21.3 Å². The fraction of sp³-hybridized carbons (Fsp3) is 0.684. The van der Waals surface area contributed by atoms with E-state index in [-0.39, 0.29) is 10.8 Å². The maximum atomic E-state index is 5.92. The molecule has 0 aliphatic carbocycles. The summed E-state index contributed by atoms with van der Waals surface area (Å²) in [6.07, 6.45) is 1.98. The molecular weight excluding hydrogens is 307 g/mol. The van der Waals surface area contributed by atoms with E-state index in [1.165, 1.54) is 0 Å². The monoisotopic (exact) mass is 340 g/mol. The molecule has 132 valence electrons. The Hall–Kier alpha value is -0.950. The Morgan fingerprint density at radius 2 is 1.00 bits per heavy atom. The Morgan fingerprint density at radius 1 is 0.696 bits per heavy atom. The van der Waals surface area contributed by atoms with E-state index in [2.05, 4.69) is 50.8 Å². The highest BCUT2D eigenvalue weighted by atomic mass is 31.0. The van der Waals surface area contributed by atoms with Gasteiger partial charge in [0, 0.05) is 11.1 Å². The van der Waals surface area contributed by atoms with Gasteiger partial charge in [0.05, 0.1) is 26.6 Å². The highest BCUT2D eigenvalue weighted by Crippen LogP contribution is 2.50. The van der Waals surface area contributed by atoms with E-state index in [1.807, 2.05) is 0 Å². The summed E-state index contributed by atoms with van der Waals surface area (Å²) in [5.41, 5.74) is 2.11. The second-order valence-corrected chi connectivity index (χ2v) is 7.82. The SMILES string of the molecule is CCC(C)(C)c1c(OC)c(P)c(OC)c(C(C)(C)CC)c1OC. The van der Waals surface area contributed by atoms with Crippen molar-refractivity contribution in [3.8, 4) is 17.2 Å². The van der Waals surface area contributed by atoms with Gasteiger partial charge in [0.25, 0.3) is 0 Å². The summed E-state index contributed by atoms with van der Waals surface area (Å²) in [5.74, 6) is 2.57. The molecule has 1 unspecified atom stereocenters. The quantitative estimate of drug-likeness (QED) is 0.680. The molecule has 0 aliphatic heterocycles. The standard InChI is InChI=1S/C19H33O3P/c1-10-18(3,4)12-14(20-7)13(19(5,6)11-2)16(22-9)17(23)15(12)21-8/h10-11,23H2,1-9H3. The van der Waals surface area contributed by atoms with Crippen LogP contribution in [0.25, 0.3) is 0 Å². The van der Waals surface area contributed by atoms with Crippen molar-refractivity contribution >= 4 is 14.5 Å². The zero-order valence-corrected chi connectivity index (χ0v) is 17.4. The van der Waals surface area contributed by atoms with E-state index < -0.39 is 0 Å². The van der Waals surface area contributed by atoms with Gasteiger partial charge in [-0.3, -0.25) is 0 Å². The van der Waals surface area contributed by atoms with Crippen LogP contribution in [0.1, 0.15) is 65.5 Å². The van der Waals surface area contributed by atoms with E-state index in [0.29, 0.717) is 0 Å². The van der Waals surface area contributed by atoms with Gasteiger partial charge in [0.2, 0.25) is 0 Å². The number of hydrogen-bond acceptors (Lipinski definition) is 3. The van der Waals surface area contributed by atoms with Crippen molar-refractivity contribution in [2.45, 2.75) is 65.2 Å². The minimum atomic E-state index is -0.0626.